The first kappa shape index (κ1) is 22.3. The quantitative estimate of drug-likeness (QED) is 0.234. The topological polar surface area (TPSA) is 4.93 Å². The molecule has 7 rings (SSSR count). The van der Waals surface area contributed by atoms with E-state index in [0.717, 1.165) is 0 Å². The van der Waals surface area contributed by atoms with Gasteiger partial charge < -0.3 is 4.57 Å². The van der Waals surface area contributed by atoms with Gasteiger partial charge in [0.05, 0.1) is 11.0 Å². The van der Waals surface area contributed by atoms with Gasteiger partial charge in [-0.15, -0.1) is 0 Å². The van der Waals surface area contributed by atoms with Crippen LogP contribution in [0.25, 0.3) is 60.9 Å². The number of hydrogen-bond acceptors (Lipinski definition) is 0. The molecule has 0 saturated heterocycles. The number of aromatic nitrogens is 1. The fraction of sp³-hybridized carbons (Fsp3) is 0.0270. The minimum atomic E-state index is 1.19. The SMILES string of the molecule is Cc1cccc(-n2c3ccccc3c3cc(-c4ccccc4-c4ccccc4)cc(-c4ccccc4)c32)c1. The average molecular weight is 486 g/mol. The molecule has 1 heteroatoms. The molecule has 0 aliphatic carbocycles. The second-order valence-electron chi connectivity index (χ2n) is 9.89. The van der Waals surface area contributed by atoms with E-state index >= 15 is 0 Å². The molecule has 0 fully saturated rings. The van der Waals surface area contributed by atoms with Crippen LogP contribution in [0.5, 0.6) is 0 Å². The highest BCUT2D eigenvalue weighted by Gasteiger charge is 2.19. The van der Waals surface area contributed by atoms with Gasteiger partial charge in [0, 0.05) is 22.0 Å². The molecule has 0 aliphatic rings. The number of fused-ring (bicyclic) bond motifs is 3. The normalized spacial score (nSPS) is 11.3. The Labute approximate surface area is 223 Å². The Morgan fingerprint density at radius 3 is 1.74 bits per heavy atom. The summed E-state index contributed by atoms with van der Waals surface area (Å²) in [4.78, 5) is 0. The number of hydrogen-bond donors (Lipinski definition) is 0. The molecule has 0 N–H and O–H groups in total. The Morgan fingerprint density at radius 1 is 0.421 bits per heavy atom. The van der Waals surface area contributed by atoms with Crippen LogP contribution in [-0.2, 0) is 0 Å². The molecule has 0 radical (unpaired) electrons. The molecule has 1 heterocycles. The smallest absolute Gasteiger partial charge is 0.0619 e. The summed E-state index contributed by atoms with van der Waals surface area (Å²) in [5, 5.41) is 2.53. The van der Waals surface area contributed by atoms with Gasteiger partial charge in [-0.3, -0.25) is 0 Å². The molecule has 0 amide bonds. The first-order valence-electron chi connectivity index (χ1n) is 13.1. The number of nitrogens with zero attached hydrogens (tertiary/aromatic N) is 1. The molecular formula is C37H27N. The minimum absolute atomic E-state index is 1.19. The van der Waals surface area contributed by atoms with Crippen LogP contribution in [0.2, 0.25) is 0 Å². The Balaban J connectivity index is 1.62. The van der Waals surface area contributed by atoms with Gasteiger partial charge in [-0.05, 0) is 70.6 Å². The molecule has 0 spiro atoms. The summed E-state index contributed by atoms with van der Waals surface area (Å²) in [7, 11) is 0. The third kappa shape index (κ3) is 3.72. The maximum Gasteiger partial charge on any atom is 0.0619 e. The van der Waals surface area contributed by atoms with Crippen molar-refractivity contribution in [3.05, 3.63) is 151 Å². The van der Waals surface area contributed by atoms with Crippen LogP contribution in [0.3, 0.4) is 0 Å². The predicted molar refractivity (Wildman–Crippen MR) is 162 cm³/mol. The van der Waals surface area contributed by atoms with Crippen molar-refractivity contribution in [2.45, 2.75) is 6.92 Å². The summed E-state index contributed by atoms with van der Waals surface area (Å²) in [5.41, 5.74) is 12.3. The van der Waals surface area contributed by atoms with E-state index in [0.29, 0.717) is 0 Å². The first-order chi connectivity index (χ1) is 18.8. The molecule has 180 valence electrons. The van der Waals surface area contributed by atoms with Crippen molar-refractivity contribution in [2.75, 3.05) is 0 Å². The van der Waals surface area contributed by atoms with Crippen LogP contribution < -0.4 is 0 Å². The molecule has 7 aromatic rings. The molecule has 0 saturated carbocycles. The second-order valence-corrected chi connectivity index (χ2v) is 9.89. The van der Waals surface area contributed by atoms with Crippen molar-refractivity contribution >= 4 is 21.8 Å². The van der Waals surface area contributed by atoms with Gasteiger partial charge in [0.2, 0.25) is 0 Å². The predicted octanol–water partition coefficient (Wildman–Crippen LogP) is 10.1. The number of rotatable bonds is 4. The molecule has 0 atom stereocenters. The monoisotopic (exact) mass is 485 g/mol. The fourth-order valence-corrected chi connectivity index (χ4v) is 5.73. The van der Waals surface area contributed by atoms with Gasteiger partial charge in [0.25, 0.3) is 0 Å². The largest absolute Gasteiger partial charge is 0.309 e. The summed E-state index contributed by atoms with van der Waals surface area (Å²) in [6.45, 7) is 2.16. The molecule has 0 aliphatic heterocycles. The standard InChI is InChI=1S/C37H27N/c1-26-13-12-18-30(23-26)38-36-22-11-10-21-33(36)35-25-29(24-34(37(35)38)28-16-6-3-7-17-28)32-20-9-8-19-31(32)27-14-4-2-5-15-27/h2-25H,1H3. The maximum absolute atomic E-state index is 2.44. The van der Waals surface area contributed by atoms with Crippen molar-refractivity contribution in [1.82, 2.24) is 4.57 Å². The highest BCUT2D eigenvalue weighted by molar-refractivity contribution is 6.15. The van der Waals surface area contributed by atoms with E-state index in [-0.39, 0.29) is 0 Å². The Bertz CT molecular complexity index is 1910. The van der Waals surface area contributed by atoms with Crippen LogP contribution in [0.15, 0.2) is 146 Å². The minimum Gasteiger partial charge on any atom is -0.309 e. The molecule has 0 bridgehead atoms. The number of para-hydroxylation sites is 1. The molecule has 0 unspecified atom stereocenters. The summed E-state index contributed by atoms with van der Waals surface area (Å²) in [5.74, 6) is 0. The van der Waals surface area contributed by atoms with Gasteiger partial charge >= 0.3 is 0 Å². The molecule has 6 aromatic carbocycles. The van der Waals surface area contributed by atoms with Crippen LogP contribution in [0, 0.1) is 6.92 Å². The van der Waals surface area contributed by atoms with E-state index in [1.54, 1.807) is 0 Å². The van der Waals surface area contributed by atoms with Gasteiger partial charge in [-0.2, -0.15) is 0 Å². The summed E-state index contributed by atoms with van der Waals surface area (Å²) in [6.07, 6.45) is 0. The zero-order valence-corrected chi connectivity index (χ0v) is 21.3. The third-order valence-electron chi connectivity index (χ3n) is 7.44. The van der Waals surface area contributed by atoms with E-state index in [9.17, 15) is 0 Å². The van der Waals surface area contributed by atoms with E-state index in [2.05, 4.69) is 157 Å². The van der Waals surface area contributed by atoms with E-state index in [4.69, 9.17) is 0 Å². The molecule has 38 heavy (non-hydrogen) atoms. The zero-order chi connectivity index (χ0) is 25.5. The lowest BCUT2D eigenvalue weighted by molar-refractivity contribution is 1.17. The van der Waals surface area contributed by atoms with Crippen molar-refractivity contribution in [2.24, 2.45) is 0 Å². The summed E-state index contributed by atoms with van der Waals surface area (Å²) in [6, 6.07) is 52.6. The Hall–Kier alpha value is -4.88. The van der Waals surface area contributed by atoms with Gasteiger partial charge in [-0.25, -0.2) is 0 Å². The zero-order valence-electron chi connectivity index (χ0n) is 21.3. The van der Waals surface area contributed by atoms with E-state index in [1.807, 2.05) is 0 Å². The van der Waals surface area contributed by atoms with Crippen molar-refractivity contribution in [1.29, 1.82) is 0 Å². The highest BCUT2D eigenvalue weighted by Crippen LogP contribution is 2.42. The maximum atomic E-state index is 2.44. The Kier molecular flexibility index (Phi) is 5.41. The van der Waals surface area contributed by atoms with Crippen molar-refractivity contribution < 1.29 is 0 Å². The molecule has 1 nitrogen and oxygen atoms in total. The van der Waals surface area contributed by atoms with Crippen molar-refractivity contribution in [3.8, 4) is 39.1 Å². The van der Waals surface area contributed by atoms with Gasteiger partial charge in [0.1, 0.15) is 0 Å². The molecular weight excluding hydrogens is 458 g/mol. The lowest BCUT2D eigenvalue weighted by Crippen LogP contribution is -1.96. The lowest BCUT2D eigenvalue weighted by atomic mass is 9.91. The molecule has 1 aromatic heterocycles. The van der Waals surface area contributed by atoms with Crippen LogP contribution in [-0.4, -0.2) is 4.57 Å². The number of benzene rings is 6. The van der Waals surface area contributed by atoms with Crippen LogP contribution in [0.4, 0.5) is 0 Å². The highest BCUT2D eigenvalue weighted by atomic mass is 15.0. The van der Waals surface area contributed by atoms with Crippen LogP contribution >= 0.6 is 0 Å². The summed E-state index contributed by atoms with van der Waals surface area (Å²) >= 11 is 0. The van der Waals surface area contributed by atoms with Crippen LogP contribution in [0.1, 0.15) is 5.56 Å². The first-order valence-corrected chi connectivity index (χ1v) is 13.1. The Morgan fingerprint density at radius 2 is 1.03 bits per heavy atom. The van der Waals surface area contributed by atoms with Gasteiger partial charge in [-0.1, -0.05) is 115 Å². The fourth-order valence-electron chi connectivity index (χ4n) is 5.73. The lowest BCUT2D eigenvalue weighted by Gasteiger charge is -2.16. The summed E-state index contributed by atoms with van der Waals surface area (Å²) < 4.78 is 2.44. The number of aryl methyl sites for hydroxylation is 1. The van der Waals surface area contributed by atoms with E-state index < -0.39 is 0 Å². The van der Waals surface area contributed by atoms with E-state index in [1.165, 1.54) is 66.4 Å². The third-order valence-corrected chi connectivity index (χ3v) is 7.44. The average Bonchev–Trinajstić information content (AvgIpc) is 3.32. The van der Waals surface area contributed by atoms with Gasteiger partial charge in [0.15, 0.2) is 0 Å². The van der Waals surface area contributed by atoms with Crippen molar-refractivity contribution in [3.63, 3.8) is 0 Å². The second kappa shape index (κ2) is 9.21.